The monoisotopic (exact) mass is 200 g/mol. The van der Waals surface area contributed by atoms with E-state index in [1.165, 1.54) is 14.2 Å². The van der Waals surface area contributed by atoms with Gasteiger partial charge in [0.2, 0.25) is 0 Å². The van der Waals surface area contributed by atoms with Crippen molar-refractivity contribution in [3.63, 3.8) is 0 Å². The van der Waals surface area contributed by atoms with Crippen LogP contribution < -0.4 is 5.73 Å². The number of aliphatic imine (C=N–C) groups is 1. The first-order valence-corrected chi connectivity index (χ1v) is 4.23. The molecule has 5 heteroatoms. The highest BCUT2D eigenvalue weighted by Gasteiger charge is 2.16. The SMILES string of the molecule is CCO/C(N)=C(\C)C(=NC)C(=O)OC. The minimum atomic E-state index is -0.521. The first-order valence-electron chi connectivity index (χ1n) is 4.23. The molecule has 14 heavy (non-hydrogen) atoms. The Hall–Kier alpha value is -1.52. The Balaban J connectivity index is 4.88. The van der Waals surface area contributed by atoms with E-state index in [0.29, 0.717) is 12.2 Å². The maximum atomic E-state index is 11.2. The summed E-state index contributed by atoms with van der Waals surface area (Å²) in [5.41, 5.74) is 6.23. The van der Waals surface area contributed by atoms with E-state index < -0.39 is 5.97 Å². The van der Waals surface area contributed by atoms with Crippen LogP contribution in [0.15, 0.2) is 16.4 Å². The molecule has 0 unspecified atom stereocenters. The van der Waals surface area contributed by atoms with Crippen molar-refractivity contribution in [2.75, 3.05) is 20.8 Å². The fourth-order valence-corrected chi connectivity index (χ4v) is 0.889. The molecule has 0 aromatic carbocycles. The number of nitrogens with two attached hydrogens (primary N) is 1. The Morgan fingerprint density at radius 2 is 2.07 bits per heavy atom. The molecule has 2 N–H and O–H groups in total. The van der Waals surface area contributed by atoms with E-state index in [9.17, 15) is 4.79 Å². The molecule has 0 aliphatic heterocycles. The number of carbonyl (C=O) groups is 1. The highest BCUT2D eigenvalue weighted by atomic mass is 16.5. The topological polar surface area (TPSA) is 73.9 Å². The second-order valence-corrected chi connectivity index (χ2v) is 2.49. The predicted octanol–water partition coefficient (Wildman–Crippen LogP) is 0.457. The van der Waals surface area contributed by atoms with Crippen LogP contribution in [-0.2, 0) is 14.3 Å². The molecule has 0 radical (unpaired) electrons. The summed E-state index contributed by atoms with van der Waals surface area (Å²) in [5, 5.41) is 0. The Bertz CT molecular complexity index is 269. The molecule has 0 saturated heterocycles. The molecular formula is C9H16N2O3. The van der Waals surface area contributed by atoms with E-state index in [0.717, 1.165) is 0 Å². The van der Waals surface area contributed by atoms with Crippen LogP contribution in [0.1, 0.15) is 13.8 Å². The van der Waals surface area contributed by atoms with Crippen molar-refractivity contribution in [2.24, 2.45) is 10.7 Å². The van der Waals surface area contributed by atoms with Gasteiger partial charge in [0, 0.05) is 12.6 Å². The van der Waals surface area contributed by atoms with Gasteiger partial charge < -0.3 is 15.2 Å². The van der Waals surface area contributed by atoms with Crippen LogP contribution in [0.25, 0.3) is 0 Å². The fourth-order valence-electron chi connectivity index (χ4n) is 0.889. The summed E-state index contributed by atoms with van der Waals surface area (Å²) in [7, 11) is 2.78. The van der Waals surface area contributed by atoms with Crippen molar-refractivity contribution in [1.29, 1.82) is 0 Å². The van der Waals surface area contributed by atoms with Gasteiger partial charge in [0.15, 0.2) is 11.6 Å². The minimum absolute atomic E-state index is 0.179. The van der Waals surface area contributed by atoms with Gasteiger partial charge in [-0.3, -0.25) is 4.99 Å². The second-order valence-electron chi connectivity index (χ2n) is 2.49. The van der Waals surface area contributed by atoms with Crippen LogP contribution in [0.5, 0.6) is 0 Å². The summed E-state index contributed by atoms with van der Waals surface area (Å²) in [6, 6.07) is 0. The summed E-state index contributed by atoms with van der Waals surface area (Å²) in [6.07, 6.45) is 0. The van der Waals surface area contributed by atoms with Crippen molar-refractivity contribution in [3.05, 3.63) is 11.5 Å². The van der Waals surface area contributed by atoms with Crippen molar-refractivity contribution in [1.82, 2.24) is 0 Å². The molecule has 80 valence electrons. The number of hydrogen-bond acceptors (Lipinski definition) is 5. The number of hydrogen-bond donors (Lipinski definition) is 1. The first-order chi connectivity index (χ1) is 6.58. The van der Waals surface area contributed by atoms with Crippen molar-refractivity contribution < 1.29 is 14.3 Å². The van der Waals surface area contributed by atoms with E-state index in [-0.39, 0.29) is 11.6 Å². The quantitative estimate of drug-likeness (QED) is 0.406. The van der Waals surface area contributed by atoms with Gasteiger partial charge in [0.25, 0.3) is 0 Å². The van der Waals surface area contributed by atoms with Gasteiger partial charge in [-0.05, 0) is 13.8 Å². The third-order valence-corrected chi connectivity index (χ3v) is 1.63. The molecule has 0 saturated carbocycles. The van der Waals surface area contributed by atoms with Gasteiger partial charge in [-0.15, -0.1) is 0 Å². The lowest BCUT2D eigenvalue weighted by Gasteiger charge is -2.08. The highest BCUT2D eigenvalue weighted by molar-refractivity contribution is 6.43. The van der Waals surface area contributed by atoms with Crippen molar-refractivity contribution >= 4 is 11.7 Å². The van der Waals surface area contributed by atoms with Crippen molar-refractivity contribution in [2.45, 2.75) is 13.8 Å². The number of nitrogens with zero attached hydrogens (tertiary/aromatic N) is 1. The van der Waals surface area contributed by atoms with Gasteiger partial charge in [0.05, 0.1) is 13.7 Å². The zero-order chi connectivity index (χ0) is 11.1. The molecule has 0 aromatic rings. The maximum Gasteiger partial charge on any atom is 0.356 e. The Kier molecular flexibility index (Phi) is 5.36. The van der Waals surface area contributed by atoms with Gasteiger partial charge in [-0.1, -0.05) is 0 Å². The molecule has 0 atom stereocenters. The molecule has 0 aromatic heterocycles. The molecule has 0 spiro atoms. The highest BCUT2D eigenvalue weighted by Crippen LogP contribution is 2.04. The molecule has 0 aliphatic carbocycles. The van der Waals surface area contributed by atoms with Crippen LogP contribution in [0.3, 0.4) is 0 Å². The number of esters is 1. The molecule has 0 amide bonds. The fraction of sp³-hybridized carbons (Fsp3) is 0.556. The maximum absolute atomic E-state index is 11.2. The lowest BCUT2D eigenvalue weighted by Crippen LogP contribution is -2.21. The average Bonchev–Trinajstić information content (AvgIpc) is 2.18. The lowest BCUT2D eigenvalue weighted by molar-refractivity contribution is -0.132. The molecule has 0 rings (SSSR count). The van der Waals surface area contributed by atoms with E-state index in [1.807, 2.05) is 0 Å². The minimum Gasteiger partial charge on any atom is -0.479 e. The van der Waals surface area contributed by atoms with Crippen LogP contribution in [0.2, 0.25) is 0 Å². The largest absolute Gasteiger partial charge is 0.479 e. The summed E-state index contributed by atoms with van der Waals surface area (Å²) in [5.74, 6) is -0.328. The zero-order valence-electron chi connectivity index (χ0n) is 8.96. The van der Waals surface area contributed by atoms with E-state index in [1.54, 1.807) is 13.8 Å². The van der Waals surface area contributed by atoms with Gasteiger partial charge >= 0.3 is 5.97 Å². The molecule has 0 bridgehead atoms. The van der Waals surface area contributed by atoms with Crippen LogP contribution in [-0.4, -0.2) is 32.4 Å². The van der Waals surface area contributed by atoms with Crippen LogP contribution in [0, 0.1) is 0 Å². The number of methoxy groups -OCH3 is 1. The van der Waals surface area contributed by atoms with Gasteiger partial charge in [0.1, 0.15) is 0 Å². The molecule has 0 heterocycles. The Morgan fingerprint density at radius 1 is 1.50 bits per heavy atom. The van der Waals surface area contributed by atoms with Gasteiger partial charge in [-0.25, -0.2) is 4.79 Å². The van der Waals surface area contributed by atoms with E-state index in [4.69, 9.17) is 10.5 Å². The third kappa shape index (κ3) is 3.08. The van der Waals surface area contributed by atoms with Crippen molar-refractivity contribution in [3.8, 4) is 0 Å². The number of rotatable bonds is 4. The summed E-state index contributed by atoms with van der Waals surface area (Å²) < 4.78 is 9.59. The molecule has 0 fully saturated rings. The summed E-state index contributed by atoms with van der Waals surface area (Å²) >= 11 is 0. The normalized spacial score (nSPS) is 13.3. The van der Waals surface area contributed by atoms with Gasteiger partial charge in [-0.2, -0.15) is 0 Å². The summed E-state index contributed by atoms with van der Waals surface area (Å²) in [6.45, 7) is 3.91. The van der Waals surface area contributed by atoms with E-state index in [2.05, 4.69) is 9.73 Å². The average molecular weight is 200 g/mol. The smallest absolute Gasteiger partial charge is 0.356 e. The Labute approximate surface area is 83.6 Å². The molecule has 5 nitrogen and oxygen atoms in total. The lowest BCUT2D eigenvalue weighted by atomic mass is 10.2. The third-order valence-electron chi connectivity index (χ3n) is 1.63. The molecular weight excluding hydrogens is 184 g/mol. The standard InChI is InChI=1S/C9H16N2O3/c1-5-14-8(10)6(2)7(11-3)9(12)13-4/h5,10H2,1-4H3/b8-6+,11-7?. The first kappa shape index (κ1) is 12.5. The predicted molar refractivity (Wildman–Crippen MR) is 53.9 cm³/mol. The number of carbonyl (C=O) groups excluding carboxylic acids is 1. The zero-order valence-corrected chi connectivity index (χ0v) is 8.96. The number of ether oxygens (including phenoxy) is 2. The summed E-state index contributed by atoms with van der Waals surface area (Å²) in [4.78, 5) is 15.0. The molecule has 0 aliphatic rings. The second kappa shape index (κ2) is 6.01. The van der Waals surface area contributed by atoms with E-state index >= 15 is 0 Å². The van der Waals surface area contributed by atoms with Crippen LogP contribution >= 0.6 is 0 Å². The van der Waals surface area contributed by atoms with Crippen LogP contribution in [0.4, 0.5) is 0 Å². The Morgan fingerprint density at radius 3 is 2.43 bits per heavy atom.